The summed E-state index contributed by atoms with van der Waals surface area (Å²) in [7, 11) is -3.29. The summed E-state index contributed by atoms with van der Waals surface area (Å²) in [5.74, 6) is -0.747. The van der Waals surface area contributed by atoms with E-state index in [1.165, 1.54) is 0 Å². The van der Waals surface area contributed by atoms with Crippen LogP contribution in [0.1, 0.15) is 38.3 Å². The molecule has 0 amide bonds. The van der Waals surface area contributed by atoms with Crippen LogP contribution >= 0.6 is 7.37 Å². The van der Waals surface area contributed by atoms with Gasteiger partial charge < -0.3 is 9.63 Å². The molecular weight excluding hydrogens is 393 g/mol. The quantitative estimate of drug-likeness (QED) is 0.317. The summed E-state index contributed by atoms with van der Waals surface area (Å²) in [6.07, 6.45) is 2.47. The van der Waals surface area contributed by atoms with Crippen LogP contribution in [0.4, 0.5) is 0 Å². The minimum absolute atomic E-state index is 0.168. The highest BCUT2D eigenvalue weighted by Crippen LogP contribution is 2.53. The van der Waals surface area contributed by atoms with Crippen LogP contribution in [0.5, 0.6) is 0 Å². The average Bonchev–Trinajstić information content (AvgIpc) is 2.73. The molecule has 0 radical (unpaired) electrons. The van der Waals surface area contributed by atoms with Crippen molar-refractivity contribution < 1.29 is 14.2 Å². The van der Waals surface area contributed by atoms with Crippen LogP contribution in [0.25, 0.3) is 0 Å². The molecule has 0 fully saturated rings. The first-order valence-electron chi connectivity index (χ1n) is 10.7. The summed E-state index contributed by atoms with van der Waals surface area (Å²) >= 11 is 0. The zero-order valence-corrected chi connectivity index (χ0v) is 19.4. The number of rotatable bonds is 13. The number of hydrogen-bond donors (Lipinski definition) is 1. The van der Waals surface area contributed by atoms with E-state index >= 15 is 0 Å². The van der Waals surface area contributed by atoms with Crippen LogP contribution in [0.15, 0.2) is 73.3 Å². The Bertz CT molecular complexity index is 753. The van der Waals surface area contributed by atoms with E-state index in [1.807, 2.05) is 43.3 Å². The average molecular weight is 430 g/mol. The molecule has 5 heteroatoms. The third kappa shape index (κ3) is 7.21. The zero-order chi connectivity index (χ0) is 22.0. The van der Waals surface area contributed by atoms with Crippen molar-refractivity contribution in [3.63, 3.8) is 0 Å². The van der Waals surface area contributed by atoms with Gasteiger partial charge in [0.25, 0.3) is 0 Å². The van der Waals surface area contributed by atoms with Gasteiger partial charge >= 0.3 is 0 Å². The minimum Gasteiger partial charge on any atom is -0.381 e. The highest BCUT2D eigenvalue weighted by molar-refractivity contribution is 7.59. The highest BCUT2D eigenvalue weighted by atomic mass is 31.2. The lowest BCUT2D eigenvalue weighted by molar-refractivity contribution is 0.0611. The first kappa shape index (κ1) is 24.6. The Hall–Kier alpha value is -1.71. The molecule has 0 aliphatic heterocycles. The summed E-state index contributed by atoms with van der Waals surface area (Å²) < 4.78 is 19.2. The molecule has 164 valence electrons. The standard InChI is InChI=1S/C25H36NO3P/c1-5-17-30(28,29-6-2)25(27)24(18-21(3)4)26(19-22-13-9-7-10-14-22)20-23-15-11-8-12-16-23/h5,7-16,21,24-25,27H,1,6,17-20H2,2-4H3/t24-,25+,30?/m0/s1. The molecule has 0 spiro atoms. The predicted octanol–water partition coefficient (Wildman–Crippen LogP) is 5.92. The molecule has 1 unspecified atom stereocenters. The summed E-state index contributed by atoms with van der Waals surface area (Å²) in [4.78, 5) is 2.24. The molecule has 2 aromatic rings. The number of aliphatic hydroxyl groups is 1. The van der Waals surface area contributed by atoms with Crippen molar-refractivity contribution in [2.45, 2.75) is 52.2 Å². The molecule has 0 saturated carbocycles. The van der Waals surface area contributed by atoms with Gasteiger partial charge in [0.1, 0.15) is 5.85 Å². The molecule has 4 nitrogen and oxygen atoms in total. The number of aliphatic hydroxyl groups excluding tert-OH is 1. The second-order valence-electron chi connectivity index (χ2n) is 8.10. The SMILES string of the molecule is C=CCP(=O)(OCC)[C@@H](O)[C@H](CC(C)C)N(Cc1ccccc1)Cc1ccccc1. The van der Waals surface area contributed by atoms with Gasteiger partial charge in [0.05, 0.1) is 6.61 Å². The zero-order valence-electron chi connectivity index (χ0n) is 18.5. The van der Waals surface area contributed by atoms with Crippen molar-refractivity contribution in [1.82, 2.24) is 4.90 Å². The van der Waals surface area contributed by atoms with E-state index in [1.54, 1.807) is 6.08 Å². The van der Waals surface area contributed by atoms with Crippen molar-refractivity contribution in [3.05, 3.63) is 84.4 Å². The van der Waals surface area contributed by atoms with Crippen molar-refractivity contribution >= 4 is 7.37 Å². The van der Waals surface area contributed by atoms with Gasteiger partial charge in [-0.2, -0.15) is 0 Å². The number of benzene rings is 2. The van der Waals surface area contributed by atoms with Crippen LogP contribution in [0.3, 0.4) is 0 Å². The monoisotopic (exact) mass is 429 g/mol. The Morgan fingerprint density at radius 3 is 1.93 bits per heavy atom. The first-order chi connectivity index (χ1) is 14.4. The third-order valence-corrected chi connectivity index (χ3v) is 7.73. The lowest BCUT2D eigenvalue weighted by Gasteiger charge is -2.38. The van der Waals surface area contributed by atoms with Gasteiger partial charge in [-0.1, -0.05) is 80.6 Å². The van der Waals surface area contributed by atoms with Gasteiger partial charge in [0.15, 0.2) is 0 Å². The molecule has 2 aromatic carbocycles. The van der Waals surface area contributed by atoms with Crippen molar-refractivity contribution in [2.75, 3.05) is 12.8 Å². The number of hydrogen-bond acceptors (Lipinski definition) is 4. The fourth-order valence-corrected chi connectivity index (χ4v) is 5.87. The van der Waals surface area contributed by atoms with Gasteiger partial charge in [0, 0.05) is 25.3 Å². The number of allylic oxidation sites excluding steroid dienone is 1. The Kier molecular flexibility index (Phi) is 10.0. The first-order valence-corrected chi connectivity index (χ1v) is 12.6. The Balaban J connectivity index is 2.42. The maximum atomic E-state index is 13.6. The lowest BCUT2D eigenvalue weighted by Crippen LogP contribution is -2.44. The predicted molar refractivity (Wildman–Crippen MR) is 126 cm³/mol. The molecule has 0 saturated heterocycles. The van der Waals surface area contributed by atoms with E-state index in [2.05, 4.69) is 49.6 Å². The van der Waals surface area contributed by atoms with Gasteiger partial charge in [-0.3, -0.25) is 9.46 Å². The van der Waals surface area contributed by atoms with E-state index in [0.717, 1.165) is 17.5 Å². The van der Waals surface area contributed by atoms with Crippen molar-refractivity contribution in [1.29, 1.82) is 0 Å². The second-order valence-corrected chi connectivity index (χ2v) is 10.7. The molecular formula is C25H36NO3P. The molecule has 0 aromatic heterocycles. The van der Waals surface area contributed by atoms with Crippen LogP contribution in [-0.4, -0.2) is 34.7 Å². The third-order valence-electron chi connectivity index (χ3n) is 5.12. The van der Waals surface area contributed by atoms with Gasteiger partial charge in [0.2, 0.25) is 7.37 Å². The summed E-state index contributed by atoms with van der Waals surface area (Å²) in [5.41, 5.74) is 2.31. The topological polar surface area (TPSA) is 49.8 Å². The summed E-state index contributed by atoms with van der Waals surface area (Å²) in [5, 5.41) is 11.4. The smallest absolute Gasteiger partial charge is 0.235 e. The maximum absolute atomic E-state index is 13.6. The molecule has 0 bridgehead atoms. The molecule has 3 atom stereocenters. The fraction of sp³-hybridized carbons (Fsp3) is 0.440. The molecule has 30 heavy (non-hydrogen) atoms. The molecule has 1 N–H and O–H groups in total. The highest BCUT2D eigenvalue weighted by Gasteiger charge is 2.40. The second kappa shape index (κ2) is 12.2. The maximum Gasteiger partial charge on any atom is 0.235 e. The van der Waals surface area contributed by atoms with Gasteiger partial charge in [-0.25, -0.2) is 0 Å². The Labute approximate surface area is 182 Å². The van der Waals surface area contributed by atoms with Crippen LogP contribution in [0, 0.1) is 5.92 Å². The summed E-state index contributed by atoms with van der Waals surface area (Å²) in [6, 6.07) is 20.1. The van der Waals surface area contributed by atoms with E-state index in [9.17, 15) is 9.67 Å². The van der Waals surface area contributed by atoms with Crippen molar-refractivity contribution in [2.24, 2.45) is 5.92 Å². The minimum atomic E-state index is -3.29. The van der Waals surface area contributed by atoms with Crippen LogP contribution < -0.4 is 0 Å². The van der Waals surface area contributed by atoms with Crippen LogP contribution in [0.2, 0.25) is 0 Å². The van der Waals surface area contributed by atoms with Crippen molar-refractivity contribution in [3.8, 4) is 0 Å². The lowest BCUT2D eigenvalue weighted by atomic mass is 10.0. The summed E-state index contributed by atoms with van der Waals surface area (Å²) in [6.45, 7) is 11.4. The largest absolute Gasteiger partial charge is 0.381 e. The Morgan fingerprint density at radius 2 is 1.53 bits per heavy atom. The molecule has 0 aliphatic rings. The van der Waals surface area contributed by atoms with E-state index in [0.29, 0.717) is 25.6 Å². The van der Waals surface area contributed by atoms with Gasteiger partial charge in [-0.05, 0) is 30.4 Å². The fourth-order valence-electron chi connectivity index (χ4n) is 3.77. The molecule has 0 aliphatic carbocycles. The van der Waals surface area contributed by atoms with E-state index in [-0.39, 0.29) is 12.2 Å². The number of nitrogens with zero attached hydrogens (tertiary/aromatic N) is 1. The molecule has 0 heterocycles. The normalized spacial score (nSPS) is 15.7. The Morgan fingerprint density at radius 1 is 1.03 bits per heavy atom. The van der Waals surface area contributed by atoms with E-state index in [4.69, 9.17) is 4.52 Å². The molecule has 2 rings (SSSR count). The van der Waals surface area contributed by atoms with Gasteiger partial charge in [-0.15, -0.1) is 6.58 Å². The van der Waals surface area contributed by atoms with E-state index < -0.39 is 13.2 Å². The van der Waals surface area contributed by atoms with Crippen LogP contribution in [-0.2, 0) is 22.2 Å².